The molecule has 2 amide bonds. The minimum Gasteiger partial charge on any atom is -0.444 e. The molecular weight excluding hydrogens is 268 g/mol. The number of amides is 2. The number of nitrogens with zero attached hydrogens (tertiary/aromatic N) is 2. The Kier molecular flexibility index (Phi) is 6.49. The highest BCUT2D eigenvalue weighted by molar-refractivity contribution is 5.76. The van der Waals surface area contributed by atoms with E-state index in [0.717, 1.165) is 19.4 Å². The molecule has 1 rings (SSSR count). The van der Waals surface area contributed by atoms with Crippen molar-refractivity contribution in [2.24, 2.45) is 5.92 Å². The molecule has 1 heterocycles. The number of rotatable bonds is 3. The van der Waals surface area contributed by atoms with Gasteiger partial charge in [-0.3, -0.25) is 4.79 Å². The van der Waals surface area contributed by atoms with Gasteiger partial charge in [0.15, 0.2) is 0 Å². The lowest BCUT2D eigenvalue weighted by Crippen LogP contribution is -2.40. The van der Waals surface area contributed by atoms with Crippen molar-refractivity contribution in [1.29, 1.82) is 0 Å². The molecule has 122 valence electrons. The first kappa shape index (κ1) is 17.8. The Morgan fingerprint density at radius 2 is 1.67 bits per heavy atom. The lowest BCUT2D eigenvalue weighted by Gasteiger charge is -2.26. The Morgan fingerprint density at radius 1 is 1.10 bits per heavy atom. The number of hydrogen-bond acceptors (Lipinski definition) is 3. The molecule has 0 aromatic carbocycles. The van der Waals surface area contributed by atoms with E-state index in [4.69, 9.17) is 4.74 Å². The quantitative estimate of drug-likeness (QED) is 0.805. The highest BCUT2D eigenvalue weighted by Crippen LogP contribution is 2.14. The van der Waals surface area contributed by atoms with Gasteiger partial charge >= 0.3 is 6.09 Å². The zero-order valence-electron chi connectivity index (χ0n) is 14.1. The molecule has 1 fully saturated rings. The molecule has 1 atom stereocenters. The summed E-state index contributed by atoms with van der Waals surface area (Å²) in [6.45, 7) is 12.3. The predicted molar refractivity (Wildman–Crippen MR) is 83.1 cm³/mol. The lowest BCUT2D eigenvalue weighted by molar-refractivity contribution is -0.132. The number of ether oxygens (including phenoxy) is 1. The topological polar surface area (TPSA) is 49.9 Å². The van der Waals surface area contributed by atoms with Gasteiger partial charge in [-0.2, -0.15) is 0 Å². The van der Waals surface area contributed by atoms with Gasteiger partial charge in [0, 0.05) is 32.6 Å². The highest BCUT2D eigenvalue weighted by atomic mass is 16.6. The van der Waals surface area contributed by atoms with Crippen molar-refractivity contribution in [1.82, 2.24) is 9.80 Å². The molecule has 5 nitrogen and oxygen atoms in total. The smallest absolute Gasteiger partial charge is 0.410 e. The average molecular weight is 298 g/mol. The summed E-state index contributed by atoms with van der Waals surface area (Å²) in [4.78, 5) is 27.9. The summed E-state index contributed by atoms with van der Waals surface area (Å²) in [5.41, 5.74) is -0.477. The maximum Gasteiger partial charge on any atom is 0.410 e. The van der Waals surface area contributed by atoms with Crippen LogP contribution < -0.4 is 0 Å². The van der Waals surface area contributed by atoms with E-state index < -0.39 is 5.60 Å². The van der Waals surface area contributed by atoms with Crippen molar-refractivity contribution in [3.63, 3.8) is 0 Å². The Bertz CT molecular complexity index is 363. The van der Waals surface area contributed by atoms with Gasteiger partial charge in [0.2, 0.25) is 5.91 Å². The van der Waals surface area contributed by atoms with E-state index in [-0.39, 0.29) is 12.0 Å². The number of carbonyl (C=O) groups excluding carboxylic acids is 2. The second-order valence-corrected chi connectivity index (χ2v) is 6.92. The summed E-state index contributed by atoms with van der Waals surface area (Å²) in [5, 5.41) is 0. The van der Waals surface area contributed by atoms with Crippen molar-refractivity contribution in [2.45, 2.75) is 59.5 Å². The van der Waals surface area contributed by atoms with Crippen LogP contribution in [-0.4, -0.2) is 53.6 Å². The summed E-state index contributed by atoms with van der Waals surface area (Å²) in [6, 6.07) is 0. The van der Waals surface area contributed by atoms with Crippen LogP contribution >= 0.6 is 0 Å². The van der Waals surface area contributed by atoms with Gasteiger partial charge in [-0.25, -0.2) is 4.79 Å². The van der Waals surface area contributed by atoms with E-state index in [1.807, 2.05) is 25.7 Å². The van der Waals surface area contributed by atoms with Crippen LogP contribution in [0.15, 0.2) is 0 Å². The number of carbonyl (C=O) groups is 2. The van der Waals surface area contributed by atoms with Gasteiger partial charge in [0.25, 0.3) is 0 Å². The summed E-state index contributed by atoms with van der Waals surface area (Å²) >= 11 is 0. The molecule has 0 aromatic heterocycles. The highest BCUT2D eigenvalue weighted by Gasteiger charge is 2.26. The number of hydrogen-bond donors (Lipinski definition) is 0. The minimum absolute atomic E-state index is 0.204. The Labute approximate surface area is 128 Å². The van der Waals surface area contributed by atoms with Crippen LogP contribution in [0.4, 0.5) is 4.79 Å². The van der Waals surface area contributed by atoms with Gasteiger partial charge < -0.3 is 14.5 Å². The van der Waals surface area contributed by atoms with Crippen LogP contribution in [0.1, 0.15) is 53.9 Å². The molecule has 1 unspecified atom stereocenters. The fourth-order valence-corrected chi connectivity index (χ4v) is 2.25. The van der Waals surface area contributed by atoms with E-state index in [1.54, 1.807) is 4.90 Å². The zero-order chi connectivity index (χ0) is 16.0. The molecule has 0 bridgehead atoms. The third-order valence-corrected chi connectivity index (χ3v) is 3.72. The summed E-state index contributed by atoms with van der Waals surface area (Å²) in [5.74, 6) is 0.623. The molecule has 0 spiro atoms. The molecule has 5 heteroatoms. The van der Waals surface area contributed by atoms with Gasteiger partial charge in [-0.1, -0.05) is 20.3 Å². The first-order valence-corrected chi connectivity index (χ1v) is 7.98. The Morgan fingerprint density at radius 3 is 2.24 bits per heavy atom. The van der Waals surface area contributed by atoms with E-state index in [0.29, 0.717) is 32.0 Å². The fourth-order valence-electron chi connectivity index (χ4n) is 2.25. The fraction of sp³-hybridized carbons (Fsp3) is 0.875. The first-order valence-electron chi connectivity index (χ1n) is 7.98. The second kappa shape index (κ2) is 7.66. The van der Waals surface area contributed by atoms with Crippen molar-refractivity contribution in [3.05, 3.63) is 0 Å². The minimum atomic E-state index is -0.477. The van der Waals surface area contributed by atoms with Gasteiger partial charge in [-0.05, 0) is 33.1 Å². The molecule has 21 heavy (non-hydrogen) atoms. The maximum absolute atomic E-state index is 12.2. The molecule has 0 N–H and O–H groups in total. The standard InChI is InChI=1S/C16H30N2O3/c1-6-13(2)12-14(19)17-8-7-9-18(11-10-17)15(20)21-16(3,4)5/h13H,6-12H2,1-5H3. The molecule has 1 saturated heterocycles. The van der Waals surface area contributed by atoms with E-state index in [1.165, 1.54) is 0 Å². The summed E-state index contributed by atoms with van der Waals surface area (Å²) in [6.07, 6.45) is 2.15. The largest absolute Gasteiger partial charge is 0.444 e. The monoisotopic (exact) mass is 298 g/mol. The van der Waals surface area contributed by atoms with Gasteiger partial charge in [0.1, 0.15) is 5.60 Å². The van der Waals surface area contributed by atoms with Crippen LogP contribution in [0.25, 0.3) is 0 Å². The Hall–Kier alpha value is -1.26. The van der Waals surface area contributed by atoms with E-state index in [2.05, 4.69) is 13.8 Å². The van der Waals surface area contributed by atoms with Crippen LogP contribution in [0.3, 0.4) is 0 Å². The van der Waals surface area contributed by atoms with Crippen molar-refractivity contribution in [3.8, 4) is 0 Å². The normalized spacial score (nSPS) is 18.1. The molecular formula is C16H30N2O3. The summed E-state index contributed by atoms with van der Waals surface area (Å²) in [7, 11) is 0. The van der Waals surface area contributed by atoms with Crippen molar-refractivity contribution in [2.75, 3.05) is 26.2 Å². The Balaban J connectivity index is 2.50. The molecule has 1 aliphatic rings. The van der Waals surface area contributed by atoms with Gasteiger partial charge in [-0.15, -0.1) is 0 Å². The third kappa shape index (κ3) is 6.36. The predicted octanol–water partition coefficient (Wildman–Crippen LogP) is 2.89. The van der Waals surface area contributed by atoms with Crippen LogP contribution in [0.5, 0.6) is 0 Å². The first-order chi connectivity index (χ1) is 9.73. The average Bonchev–Trinajstić information content (AvgIpc) is 2.62. The molecule has 0 aromatic rings. The molecule has 0 radical (unpaired) electrons. The molecule has 1 aliphatic heterocycles. The second-order valence-electron chi connectivity index (χ2n) is 6.92. The summed E-state index contributed by atoms with van der Waals surface area (Å²) < 4.78 is 5.39. The van der Waals surface area contributed by atoms with Crippen molar-refractivity contribution >= 4 is 12.0 Å². The molecule has 0 saturated carbocycles. The zero-order valence-corrected chi connectivity index (χ0v) is 14.1. The van der Waals surface area contributed by atoms with Crippen LogP contribution in [-0.2, 0) is 9.53 Å². The van der Waals surface area contributed by atoms with E-state index in [9.17, 15) is 9.59 Å². The molecule has 0 aliphatic carbocycles. The van der Waals surface area contributed by atoms with Crippen LogP contribution in [0, 0.1) is 5.92 Å². The SMILES string of the molecule is CCC(C)CC(=O)N1CCCN(C(=O)OC(C)(C)C)CC1. The third-order valence-electron chi connectivity index (χ3n) is 3.72. The van der Waals surface area contributed by atoms with E-state index >= 15 is 0 Å². The van der Waals surface area contributed by atoms with Gasteiger partial charge in [0.05, 0.1) is 0 Å². The maximum atomic E-state index is 12.2. The van der Waals surface area contributed by atoms with Crippen LogP contribution in [0.2, 0.25) is 0 Å². The lowest BCUT2D eigenvalue weighted by atomic mass is 10.0. The van der Waals surface area contributed by atoms with Crippen molar-refractivity contribution < 1.29 is 14.3 Å².